The zero-order chi connectivity index (χ0) is 26.4. The largest absolute Gasteiger partial charge is 0.416 e. The first-order valence-electron chi connectivity index (χ1n) is 10.5. The van der Waals surface area contributed by atoms with E-state index in [9.17, 15) is 35.9 Å². The normalized spacial score (nSPS) is 15.0. The lowest BCUT2D eigenvalue weighted by molar-refractivity contribution is -0.143. The lowest BCUT2D eigenvalue weighted by Crippen LogP contribution is -2.29. The number of hydrogen-bond donors (Lipinski definition) is 1. The molecular weight excluding hydrogens is 514 g/mol. The van der Waals surface area contributed by atoms with Gasteiger partial charge in [-0.3, -0.25) is 9.59 Å². The van der Waals surface area contributed by atoms with E-state index in [1.54, 1.807) is 11.9 Å². The van der Waals surface area contributed by atoms with E-state index in [1.165, 1.54) is 17.8 Å². The zero-order valence-electron chi connectivity index (χ0n) is 18.7. The summed E-state index contributed by atoms with van der Waals surface area (Å²) in [6.45, 7) is 1.43. The van der Waals surface area contributed by atoms with E-state index in [0.717, 1.165) is 30.5 Å². The Hall–Kier alpha value is -3.49. The molecule has 0 saturated heterocycles. The first-order chi connectivity index (χ1) is 16.8. The SMILES string of the molecule is C[C@H](NC(=O)c1cc(C(F)(F)F)cc(C(F)(F)F)c1)c1ncnn1-c1ncc(C(=O)N(C)C2CC2)s1. The summed E-state index contributed by atoms with van der Waals surface area (Å²) in [6, 6.07) is -0.164. The molecule has 0 unspecified atom stereocenters. The Labute approximate surface area is 204 Å². The molecule has 3 aromatic rings. The van der Waals surface area contributed by atoms with Crippen LogP contribution >= 0.6 is 11.3 Å². The summed E-state index contributed by atoms with van der Waals surface area (Å²) in [4.78, 5) is 35.4. The molecule has 1 aromatic carbocycles. The minimum absolute atomic E-state index is 0.0567. The molecule has 2 aromatic heterocycles. The number of carbonyl (C=O) groups is 2. The second-order valence-electron chi connectivity index (χ2n) is 8.17. The van der Waals surface area contributed by atoms with Crippen LogP contribution < -0.4 is 5.32 Å². The van der Waals surface area contributed by atoms with Gasteiger partial charge >= 0.3 is 12.4 Å². The number of hydrogen-bond acceptors (Lipinski definition) is 6. The summed E-state index contributed by atoms with van der Waals surface area (Å²) in [7, 11) is 1.69. The van der Waals surface area contributed by atoms with E-state index in [-0.39, 0.29) is 29.0 Å². The summed E-state index contributed by atoms with van der Waals surface area (Å²) in [5.41, 5.74) is -4.02. The first-order valence-corrected chi connectivity index (χ1v) is 11.3. The molecule has 4 rings (SSSR count). The topological polar surface area (TPSA) is 93.0 Å². The van der Waals surface area contributed by atoms with Crippen molar-refractivity contribution in [2.45, 2.75) is 44.2 Å². The van der Waals surface area contributed by atoms with Crippen molar-refractivity contribution in [3.63, 3.8) is 0 Å². The molecular formula is C21H18F6N6O2S. The molecule has 8 nitrogen and oxygen atoms in total. The van der Waals surface area contributed by atoms with Crippen LogP contribution in [0.2, 0.25) is 0 Å². The Morgan fingerprint density at radius 2 is 1.69 bits per heavy atom. The Kier molecular flexibility index (Phi) is 6.53. The van der Waals surface area contributed by atoms with Gasteiger partial charge in [0.1, 0.15) is 11.2 Å². The van der Waals surface area contributed by atoms with Gasteiger partial charge in [0.05, 0.1) is 23.4 Å². The second kappa shape index (κ2) is 9.19. The predicted octanol–water partition coefficient (Wildman–Crippen LogP) is 4.49. The van der Waals surface area contributed by atoms with E-state index in [0.29, 0.717) is 17.0 Å². The lowest BCUT2D eigenvalue weighted by atomic mass is 10.0. The van der Waals surface area contributed by atoms with E-state index in [2.05, 4.69) is 20.4 Å². The van der Waals surface area contributed by atoms with Crippen LogP contribution in [-0.4, -0.2) is 49.6 Å². The third kappa shape index (κ3) is 5.34. The predicted molar refractivity (Wildman–Crippen MR) is 114 cm³/mol. The third-order valence-electron chi connectivity index (χ3n) is 5.46. The smallest absolute Gasteiger partial charge is 0.342 e. The number of nitrogens with one attached hydrogen (secondary N) is 1. The highest BCUT2D eigenvalue weighted by molar-refractivity contribution is 7.16. The van der Waals surface area contributed by atoms with Gasteiger partial charge in [-0.25, -0.2) is 9.97 Å². The number of aromatic nitrogens is 4. The molecule has 36 heavy (non-hydrogen) atoms. The van der Waals surface area contributed by atoms with Crippen LogP contribution in [0.3, 0.4) is 0 Å². The third-order valence-corrected chi connectivity index (χ3v) is 6.42. The van der Waals surface area contributed by atoms with Gasteiger partial charge in [0.15, 0.2) is 5.82 Å². The maximum atomic E-state index is 13.1. The summed E-state index contributed by atoms with van der Waals surface area (Å²) in [5.74, 6) is -1.28. The quantitative estimate of drug-likeness (QED) is 0.473. The Morgan fingerprint density at radius 3 is 2.25 bits per heavy atom. The summed E-state index contributed by atoms with van der Waals surface area (Å²) >= 11 is 1.02. The standard InChI is InChI=1S/C21H18F6N6O2S/c1-10(31-17(34)11-5-12(20(22,23)24)7-13(6-11)21(25,26)27)16-29-9-30-33(16)19-28-8-15(36-19)18(35)32(2)14-3-4-14/h5-10,14H,3-4H2,1-2H3,(H,31,34)/t10-/m0/s1. The number of amides is 2. The second-order valence-corrected chi connectivity index (χ2v) is 9.18. The fraction of sp³-hybridized carbons (Fsp3) is 0.381. The number of rotatable bonds is 6. The van der Waals surface area contributed by atoms with Gasteiger partial charge in [-0.05, 0) is 38.0 Å². The minimum Gasteiger partial charge on any atom is -0.342 e. The van der Waals surface area contributed by atoms with Crippen LogP contribution in [-0.2, 0) is 12.4 Å². The van der Waals surface area contributed by atoms with Crippen molar-refractivity contribution in [1.82, 2.24) is 30.0 Å². The molecule has 0 bridgehead atoms. The summed E-state index contributed by atoms with van der Waals surface area (Å²) < 4.78 is 80.0. The van der Waals surface area contributed by atoms with Gasteiger partial charge in [-0.1, -0.05) is 11.3 Å². The highest BCUT2D eigenvalue weighted by atomic mass is 32.1. The lowest BCUT2D eigenvalue weighted by Gasteiger charge is -2.16. The van der Waals surface area contributed by atoms with Crippen LogP contribution in [0.4, 0.5) is 26.3 Å². The van der Waals surface area contributed by atoms with E-state index >= 15 is 0 Å². The minimum atomic E-state index is -5.09. The van der Waals surface area contributed by atoms with Crippen molar-refractivity contribution >= 4 is 23.2 Å². The monoisotopic (exact) mass is 532 g/mol. The van der Waals surface area contributed by atoms with E-state index in [1.807, 2.05) is 0 Å². The molecule has 15 heteroatoms. The number of carbonyl (C=O) groups excluding carboxylic acids is 2. The Morgan fingerprint density at radius 1 is 1.08 bits per heavy atom. The van der Waals surface area contributed by atoms with Crippen LogP contribution in [0, 0.1) is 0 Å². The zero-order valence-corrected chi connectivity index (χ0v) is 19.5. The molecule has 0 spiro atoms. The van der Waals surface area contributed by atoms with Gasteiger partial charge < -0.3 is 10.2 Å². The molecule has 1 aliphatic rings. The van der Waals surface area contributed by atoms with Gasteiger partial charge in [0, 0.05) is 18.7 Å². The van der Waals surface area contributed by atoms with Crippen LogP contribution in [0.25, 0.3) is 5.13 Å². The van der Waals surface area contributed by atoms with Crippen molar-refractivity contribution in [2.75, 3.05) is 7.05 Å². The molecule has 2 amide bonds. The van der Waals surface area contributed by atoms with Crippen LogP contribution in [0.15, 0.2) is 30.7 Å². The molecule has 1 saturated carbocycles. The Bertz CT molecular complexity index is 1260. The van der Waals surface area contributed by atoms with Crippen molar-refractivity contribution in [3.05, 3.63) is 58.1 Å². The van der Waals surface area contributed by atoms with Crippen LogP contribution in [0.5, 0.6) is 0 Å². The molecule has 0 aliphatic heterocycles. The number of halogens is 6. The van der Waals surface area contributed by atoms with Crippen molar-refractivity contribution < 1.29 is 35.9 Å². The fourth-order valence-corrected chi connectivity index (χ4v) is 4.25. The number of alkyl halides is 6. The maximum Gasteiger partial charge on any atom is 0.416 e. The maximum absolute atomic E-state index is 13.1. The molecule has 2 heterocycles. The number of benzene rings is 1. The van der Waals surface area contributed by atoms with Crippen LogP contribution in [0.1, 0.15) is 62.8 Å². The van der Waals surface area contributed by atoms with Gasteiger partial charge in [0.25, 0.3) is 11.8 Å². The highest BCUT2D eigenvalue weighted by Crippen LogP contribution is 2.36. The molecule has 1 N–H and O–H groups in total. The number of nitrogens with zero attached hydrogens (tertiary/aromatic N) is 5. The van der Waals surface area contributed by atoms with Gasteiger partial charge in [-0.15, -0.1) is 0 Å². The number of thiazole rings is 1. The fourth-order valence-electron chi connectivity index (χ4n) is 3.39. The molecule has 1 fully saturated rings. The first kappa shape index (κ1) is 25.6. The molecule has 1 aliphatic carbocycles. The molecule has 0 radical (unpaired) electrons. The summed E-state index contributed by atoms with van der Waals surface area (Å²) in [5, 5.41) is 6.61. The van der Waals surface area contributed by atoms with Gasteiger partial charge in [0.2, 0.25) is 5.13 Å². The Balaban J connectivity index is 1.56. The average Bonchev–Trinajstić information content (AvgIpc) is 3.32. The highest BCUT2D eigenvalue weighted by Gasteiger charge is 2.38. The molecule has 1 atom stereocenters. The van der Waals surface area contributed by atoms with Crippen molar-refractivity contribution in [3.8, 4) is 5.13 Å². The molecule has 192 valence electrons. The van der Waals surface area contributed by atoms with Crippen molar-refractivity contribution in [1.29, 1.82) is 0 Å². The van der Waals surface area contributed by atoms with E-state index in [4.69, 9.17) is 0 Å². The van der Waals surface area contributed by atoms with E-state index < -0.39 is 41.0 Å². The average molecular weight is 532 g/mol. The van der Waals surface area contributed by atoms with Crippen molar-refractivity contribution in [2.24, 2.45) is 0 Å². The van der Waals surface area contributed by atoms with Gasteiger partial charge in [-0.2, -0.15) is 36.1 Å². The summed E-state index contributed by atoms with van der Waals surface area (Å²) in [6.07, 6.45) is -5.81.